The van der Waals surface area contributed by atoms with Crippen LogP contribution >= 0.6 is 23.2 Å². The van der Waals surface area contributed by atoms with Crippen LogP contribution in [-0.4, -0.2) is 10.2 Å². The average molecular weight is 344 g/mol. The summed E-state index contributed by atoms with van der Waals surface area (Å²) in [5, 5.41) is 18.7. The predicted octanol–water partition coefficient (Wildman–Crippen LogP) is 4.89. The zero-order chi connectivity index (χ0) is 16.2. The molecule has 114 valence electrons. The minimum atomic E-state index is -0.370. The summed E-state index contributed by atoms with van der Waals surface area (Å²) in [7, 11) is 0. The van der Waals surface area contributed by atoms with E-state index >= 15 is 0 Å². The van der Waals surface area contributed by atoms with Crippen LogP contribution in [0, 0.1) is 11.3 Å². The fourth-order valence-corrected chi connectivity index (χ4v) is 2.40. The molecule has 0 N–H and O–H groups in total. The third-order valence-electron chi connectivity index (χ3n) is 3.36. The molecule has 1 aromatic heterocycles. The maximum atomic E-state index is 9.38. The van der Waals surface area contributed by atoms with Crippen molar-refractivity contribution in [1.82, 2.24) is 10.2 Å². The van der Waals surface area contributed by atoms with Crippen molar-refractivity contribution in [2.75, 3.05) is 0 Å². The zero-order valence-electron chi connectivity index (χ0n) is 11.9. The third-order valence-corrected chi connectivity index (χ3v) is 3.87. The molecule has 0 fully saturated rings. The van der Waals surface area contributed by atoms with Gasteiger partial charge in [0.2, 0.25) is 11.8 Å². The van der Waals surface area contributed by atoms with Crippen LogP contribution in [0.2, 0.25) is 10.0 Å². The molecular weight excluding hydrogens is 333 g/mol. The molecule has 0 bridgehead atoms. The Morgan fingerprint density at radius 3 is 2.17 bits per heavy atom. The molecule has 0 aliphatic carbocycles. The van der Waals surface area contributed by atoms with Gasteiger partial charge in [0.15, 0.2) is 0 Å². The molecule has 23 heavy (non-hydrogen) atoms. The molecule has 0 saturated heterocycles. The van der Waals surface area contributed by atoms with Crippen molar-refractivity contribution in [1.29, 1.82) is 5.26 Å². The summed E-state index contributed by atoms with van der Waals surface area (Å²) < 4.78 is 5.64. The Balaban J connectivity index is 1.79. The van der Waals surface area contributed by atoms with Crippen LogP contribution in [0.4, 0.5) is 0 Å². The third kappa shape index (κ3) is 3.70. The molecular formula is C17H11Cl2N3O. The van der Waals surface area contributed by atoms with Gasteiger partial charge in [-0.1, -0.05) is 35.3 Å². The number of nitrogens with zero attached hydrogens (tertiary/aromatic N) is 3. The maximum Gasteiger partial charge on any atom is 0.247 e. The van der Waals surface area contributed by atoms with Gasteiger partial charge in [-0.25, -0.2) is 0 Å². The Bertz CT molecular complexity index is 836. The molecule has 0 radical (unpaired) electrons. The Hall–Kier alpha value is -2.35. The number of nitriles is 1. The standard InChI is InChI=1S/C17H11Cl2N3O/c18-14-5-1-11(2-6-14)13(10-20)9-16-21-22-17(23-16)12-3-7-15(19)8-4-12/h1-8,13H,9H2. The fourth-order valence-electron chi connectivity index (χ4n) is 2.15. The summed E-state index contributed by atoms with van der Waals surface area (Å²) in [5.41, 5.74) is 1.65. The van der Waals surface area contributed by atoms with Crippen LogP contribution in [0.1, 0.15) is 17.4 Å². The number of hydrogen-bond donors (Lipinski definition) is 0. The Morgan fingerprint density at radius 2 is 1.57 bits per heavy atom. The largest absolute Gasteiger partial charge is 0.421 e. The molecule has 0 spiro atoms. The number of benzene rings is 2. The number of rotatable bonds is 4. The van der Waals surface area contributed by atoms with Crippen LogP contribution in [0.25, 0.3) is 11.5 Å². The lowest BCUT2D eigenvalue weighted by atomic mass is 9.97. The first-order valence-electron chi connectivity index (χ1n) is 6.89. The van der Waals surface area contributed by atoms with Crippen LogP contribution in [0.3, 0.4) is 0 Å². The monoisotopic (exact) mass is 343 g/mol. The fraction of sp³-hybridized carbons (Fsp3) is 0.118. The topological polar surface area (TPSA) is 62.7 Å². The molecule has 4 nitrogen and oxygen atoms in total. The van der Waals surface area contributed by atoms with Gasteiger partial charge >= 0.3 is 0 Å². The lowest BCUT2D eigenvalue weighted by molar-refractivity contribution is 0.497. The molecule has 0 amide bonds. The molecule has 3 aromatic rings. The number of halogens is 2. The molecule has 0 aliphatic heterocycles. The second-order valence-electron chi connectivity index (χ2n) is 4.95. The highest BCUT2D eigenvalue weighted by atomic mass is 35.5. The van der Waals surface area contributed by atoms with E-state index in [1.807, 2.05) is 12.1 Å². The van der Waals surface area contributed by atoms with Crippen molar-refractivity contribution >= 4 is 23.2 Å². The molecule has 3 rings (SSSR count). The van der Waals surface area contributed by atoms with Crippen molar-refractivity contribution in [3.8, 4) is 17.5 Å². The van der Waals surface area contributed by atoms with E-state index in [2.05, 4.69) is 16.3 Å². The average Bonchev–Trinajstić information content (AvgIpc) is 3.03. The first-order valence-corrected chi connectivity index (χ1v) is 7.64. The minimum absolute atomic E-state index is 0.346. The first kappa shape index (κ1) is 15.5. The summed E-state index contributed by atoms with van der Waals surface area (Å²) in [6.45, 7) is 0. The number of aromatic nitrogens is 2. The van der Waals surface area contributed by atoms with Gasteiger partial charge in [-0.3, -0.25) is 0 Å². The molecule has 0 saturated carbocycles. The minimum Gasteiger partial charge on any atom is -0.421 e. The Labute approximate surface area is 143 Å². The van der Waals surface area contributed by atoms with Crippen molar-refractivity contribution in [3.05, 3.63) is 70.0 Å². The molecule has 1 atom stereocenters. The smallest absolute Gasteiger partial charge is 0.247 e. The van der Waals surface area contributed by atoms with Crippen molar-refractivity contribution in [3.63, 3.8) is 0 Å². The summed E-state index contributed by atoms with van der Waals surface area (Å²) in [6.07, 6.45) is 0.346. The summed E-state index contributed by atoms with van der Waals surface area (Å²) in [5.74, 6) is 0.451. The molecule has 1 heterocycles. The first-order chi connectivity index (χ1) is 11.2. The van der Waals surface area contributed by atoms with Gasteiger partial charge in [0.05, 0.1) is 12.0 Å². The Kier molecular flexibility index (Phi) is 4.61. The predicted molar refractivity (Wildman–Crippen MR) is 88.3 cm³/mol. The van der Waals surface area contributed by atoms with E-state index in [0.29, 0.717) is 28.2 Å². The molecule has 6 heteroatoms. The normalized spacial score (nSPS) is 11.9. The molecule has 2 aromatic carbocycles. The highest BCUT2D eigenvalue weighted by molar-refractivity contribution is 6.30. The van der Waals surface area contributed by atoms with Gasteiger partial charge in [-0.05, 0) is 42.0 Å². The van der Waals surface area contributed by atoms with E-state index in [-0.39, 0.29) is 5.92 Å². The lowest BCUT2D eigenvalue weighted by Gasteiger charge is -2.06. The summed E-state index contributed by atoms with van der Waals surface area (Å²) in [4.78, 5) is 0. The summed E-state index contributed by atoms with van der Waals surface area (Å²) in [6, 6.07) is 16.5. The van der Waals surface area contributed by atoms with Gasteiger partial charge in [0.1, 0.15) is 0 Å². The van der Waals surface area contributed by atoms with E-state index < -0.39 is 0 Å². The van der Waals surface area contributed by atoms with Crippen molar-refractivity contribution in [2.45, 2.75) is 12.3 Å². The Morgan fingerprint density at radius 1 is 0.957 bits per heavy atom. The van der Waals surface area contributed by atoms with E-state index in [1.165, 1.54) is 0 Å². The summed E-state index contributed by atoms with van der Waals surface area (Å²) >= 11 is 11.7. The van der Waals surface area contributed by atoms with E-state index in [4.69, 9.17) is 27.6 Å². The maximum absolute atomic E-state index is 9.38. The quantitative estimate of drug-likeness (QED) is 0.676. The molecule has 1 unspecified atom stereocenters. The van der Waals surface area contributed by atoms with Gasteiger partial charge < -0.3 is 4.42 Å². The van der Waals surface area contributed by atoms with Crippen molar-refractivity contribution < 1.29 is 4.42 Å². The van der Waals surface area contributed by atoms with Gasteiger partial charge in [-0.15, -0.1) is 10.2 Å². The van der Waals surface area contributed by atoms with Crippen LogP contribution in [-0.2, 0) is 6.42 Å². The molecule has 0 aliphatic rings. The van der Waals surface area contributed by atoms with E-state index in [1.54, 1.807) is 36.4 Å². The van der Waals surface area contributed by atoms with Gasteiger partial charge in [0.25, 0.3) is 0 Å². The second kappa shape index (κ2) is 6.82. The van der Waals surface area contributed by atoms with E-state index in [0.717, 1.165) is 11.1 Å². The second-order valence-corrected chi connectivity index (χ2v) is 5.82. The van der Waals surface area contributed by atoms with Crippen LogP contribution in [0.15, 0.2) is 52.9 Å². The highest BCUT2D eigenvalue weighted by Crippen LogP contribution is 2.24. The zero-order valence-corrected chi connectivity index (χ0v) is 13.4. The van der Waals surface area contributed by atoms with E-state index in [9.17, 15) is 5.26 Å². The van der Waals surface area contributed by atoms with Crippen LogP contribution in [0.5, 0.6) is 0 Å². The van der Waals surface area contributed by atoms with Crippen molar-refractivity contribution in [2.24, 2.45) is 0 Å². The van der Waals surface area contributed by atoms with Crippen LogP contribution < -0.4 is 0 Å². The highest BCUT2D eigenvalue weighted by Gasteiger charge is 2.16. The SMILES string of the molecule is N#CC(Cc1nnc(-c2ccc(Cl)cc2)o1)c1ccc(Cl)cc1. The lowest BCUT2D eigenvalue weighted by Crippen LogP contribution is -2.00. The van der Waals surface area contributed by atoms with Gasteiger partial charge in [0, 0.05) is 22.0 Å². The number of hydrogen-bond acceptors (Lipinski definition) is 4. The van der Waals surface area contributed by atoms with Gasteiger partial charge in [-0.2, -0.15) is 5.26 Å².